The lowest BCUT2D eigenvalue weighted by molar-refractivity contribution is -0.142. The fourth-order valence-electron chi connectivity index (χ4n) is 3.88. The van der Waals surface area contributed by atoms with E-state index in [0.717, 1.165) is 34.8 Å². The molecule has 1 saturated carbocycles. The quantitative estimate of drug-likeness (QED) is 0.466. The van der Waals surface area contributed by atoms with Crippen LogP contribution in [0.4, 0.5) is 0 Å². The molecule has 2 aromatic rings. The predicted octanol–water partition coefficient (Wildman–Crippen LogP) is 4.54. The van der Waals surface area contributed by atoms with E-state index in [1.807, 2.05) is 48.5 Å². The SMILES string of the molecule is COc1cccc(CN(C(=O)COc2ccc(I)cc2)[C@@H](C)C(=O)NC2CCCCC2)c1. The molecular weight excluding hydrogens is 519 g/mol. The van der Waals surface area contributed by atoms with Crippen LogP contribution in [0.25, 0.3) is 0 Å². The van der Waals surface area contributed by atoms with Crippen LogP contribution in [0.1, 0.15) is 44.6 Å². The third-order valence-corrected chi connectivity index (χ3v) is 6.50. The number of nitrogens with one attached hydrogen (secondary N) is 1. The molecule has 0 heterocycles. The zero-order valence-corrected chi connectivity index (χ0v) is 20.8. The van der Waals surface area contributed by atoms with Crippen LogP contribution in [0.3, 0.4) is 0 Å². The van der Waals surface area contributed by atoms with Gasteiger partial charge in [0, 0.05) is 16.2 Å². The second kappa shape index (κ2) is 12.1. The second-order valence-corrected chi connectivity index (χ2v) is 9.38. The minimum atomic E-state index is -0.615. The normalized spacial score (nSPS) is 15.0. The summed E-state index contributed by atoms with van der Waals surface area (Å²) in [6.45, 7) is 1.94. The van der Waals surface area contributed by atoms with Crippen molar-refractivity contribution in [2.75, 3.05) is 13.7 Å². The third-order valence-electron chi connectivity index (χ3n) is 5.78. The van der Waals surface area contributed by atoms with E-state index in [0.29, 0.717) is 18.0 Å². The van der Waals surface area contributed by atoms with Gasteiger partial charge in [0.15, 0.2) is 6.61 Å². The van der Waals surface area contributed by atoms with Gasteiger partial charge in [0.1, 0.15) is 17.5 Å². The molecule has 0 unspecified atom stereocenters. The molecule has 0 saturated heterocycles. The van der Waals surface area contributed by atoms with Crippen molar-refractivity contribution in [3.63, 3.8) is 0 Å². The maximum absolute atomic E-state index is 13.2. The van der Waals surface area contributed by atoms with E-state index in [1.54, 1.807) is 18.9 Å². The molecule has 0 aromatic heterocycles. The van der Waals surface area contributed by atoms with Crippen molar-refractivity contribution in [2.24, 2.45) is 0 Å². The molecule has 2 aromatic carbocycles. The number of methoxy groups -OCH3 is 1. The average molecular weight is 550 g/mol. The van der Waals surface area contributed by atoms with Crippen molar-refractivity contribution in [2.45, 2.75) is 57.7 Å². The van der Waals surface area contributed by atoms with Gasteiger partial charge in [-0.05, 0) is 84.3 Å². The Bertz CT molecular complexity index is 897. The Balaban J connectivity index is 1.71. The van der Waals surface area contributed by atoms with E-state index in [9.17, 15) is 9.59 Å². The number of carbonyl (C=O) groups is 2. The summed E-state index contributed by atoms with van der Waals surface area (Å²) in [4.78, 5) is 27.8. The molecule has 1 fully saturated rings. The molecule has 1 N–H and O–H groups in total. The zero-order valence-electron chi connectivity index (χ0n) is 18.7. The van der Waals surface area contributed by atoms with Gasteiger partial charge >= 0.3 is 0 Å². The van der Waals surface area contributed by atoms with Gasteiger partial charge in [-0.15, -0.1) is 0 Å². The number of rotatable bonds is 9. The highest BCUT2D eigenvalue weighted by atomic mass is 127. The lowest BCUT2D eigenvalue weighted by Gasteiger charge is -2.31. The Hall–Kier alpha value is -2.29. The van der Waals surface area contributed by atoms with E-state index in [2.05, 4.69) is 27.9 Å². The number of carbonyl (C=O) groups excluding carboxylic acids is 2. The monoisotopic (exact) mass is 550 g/mol. The van der Waals surface area contributed by atoms with Crippen molar-refractivity contribution in [3.05, 3.63) is 57.7 Å². The number of hydrogen-bond acceptors (Lipinski definition) is 4. The van der Waals surface area contributed by atoms with Crippen molar-refractivity contribution in [1.29, 1.82) is 0 Å². The summed E-state index contributed by atoms with van der Waals surface area (Å²) >= 11 is 2.22. The first-order chi connectivity index (χ1) is 15.5. The maximum atomic E-state index is 13.2. The van der Waals surface area contributed by atoms with Crippen molar-refractivity contribution < 1.29 is 19.1 Å². The molecule has 0 spiro atoms. The van der Waals surface area contributed by atoms with E-state index in [1.165, 1.54) is 6.42 Å². The van der Waals surface area contributed by atoms with Crippen LogP contribution in [0.2, 0.25) is 0 Å². The molecule has 0 aliphatic heterocycles. The van der Waals surface area contributed by atoms with Gasteiger partial charge in [0.05, 0.1) is 7.11 Å². The van der Waals surface area contributed by atoms with Crippen molar-refractivity contribution >= 4 is 34.4 Å². The number of amides is 2. The largest absolute Gasteiger partial charge is 0.497 e. The van der Waals surface area contributed by atoms with Crippen LogP contribution in [0.5, 0.6) is 11.5 Å². The lowest BCUT2D eigenvalue weighted by Crippen LogP contribution is -2.51. The Morgan fingerprint density at radius 2 is 1.81 bits per heavy atom. The molecule has 1 aliphatic carbocycles. The Kier molecular flexibility index (Phi) is 9.20. The van der Waals surface area contributed by atoms with Gasteiger partial charge in [0.2, 0.25) is 5.91 Å². The molecule has 6 nitrogen and oxygen atoms in total. The topological polar surface area (TPSA) is 67.9 Å². The highest BCUT2D eigenvalue weighted by molar-refractivity contribution is 14.1. The van der Waals surface area contributed by atoms with Crippen molar-refractivity contribution in [1.82, 2.24) is 10.2 Å². The van der Waals surface area contributed by atoms with E-state index < -0.39 is 6.04 Å². The first-order valence-corrected chi connectivity index (χ1v) is 12.2. The van der Waals surface area contributed by atoms with Crippen LogP contribution in [0.15, 0.2) is 48.5 Å². The summed E-state index contributed by atoms with van der Waals surface area (Å²) in [5.41, 5.74) is 0.893. The summed E-state index contributed by atoms with van der Waals surface area (Å²) in [5.74, 6) is 0.976. The number of nitrogens with zero attached hydrogens (tertiary/aromatic N) is 1. The molecule has 0 bridgehead atoms. The first-order valence-electron chi connectivity index (χ1n) is 11.1. The Morgan fingerprint density at radius 3 is 2.50 bits per heavy atom. The molecule has 1 atom stereocenters. The van der Waals surface area contributed by atoms with Crippen LogP contribution >= 0.6 is 22.6 Å². The summed E-state index contributed by atoms with van der Waals surface area (Å²) in [6, 6.07) is 14.6. The fraction of sp³-hybridized carbons (Fsp3) is 0.440. The van der Waals surface area contributed by atoms with Gasteiger partial charge in [-0.25, -0.2) is 0 Å². The van der Waals surface area contributed by atoms with E-state index in [4.69, 9.17) is 9.47 Å². The first kappa shape index (κ1) is 24.4. The van der Waals surface area contributed by atoms with Crippen LogP contribution < -0.4 is 14.8 Å². The maximum Gasteiger partial charge on any atom is 0.261 e. The van der Waals surface area contributed by atoms with Gasteiger partial charge in [-0.2, -0.15) is 0 Å². The fourth-order valence-corrected chi connectivity index (χ4v) is 4.24. The Morgan fingerprint density at radius 1 is 1.09 bits per heavy atom. The van der Waals surface area contributed by atoms with Crippen molar-refractivity contribution in [3.8, 4) is 11.5 Å². The summed E-state index contributed by atoms with van der Waals surface area (Å²) < 4.78 is 12.1. The average Bonchev–Trinajstić information content (AvgIpc) is 2.82. The van der Waals surface area contributed by atoms with E-state index >= 15 is 0 Å². The van der Waals surface area contributed by atoms with Gasteiger partial charge in [0.25, 0.3) is 5.91 Å². The second-order valence-electron chi connectivity index (χ2n) is 8.14. The molecule has 172 valence electrons. The minimum Gasteiger partial charge on any atom is -0.497 e. The third kappa shape index (κ3) is 7.12. The standard InChI is InChI=1S/C25H31IN2O4/c1-18(25(30)27-21-8-4-3-5-9-21)28(16-19-7-6-10-23(15-19)31-2)24(29)17-32-22-13-11-20(26)12-14-22/h6-7,10-15,18,21H,3-5,8-9,16-17H2,1-2H3,(H,27,30)/t18-/m0/s1. The molecule has 0 radical (unpaired) electrons. The summed E-state index contributed by atoms with van der Waals surface area (Å²) in [7, 11) is 1.61. The lowest BCUT2D eigenvalue weighted by atomic mass is 9.95. The highest BCUT2D eigenvalue weighted by Crippen LogP contribution is 2.20. The molecule has 32 heavy (non-hydrogen) atoms. The smallest absolute Gasteiger partial charge is 0.261 e. The number of halogens is 1. The van der Waals surface area contributed by atoms with Crippen LogP contribution in [-0.4, -0.2) is 42.5 Å². The molecule has 3 rings (SSSR count). The van der Waals surface area contributed by atoms with Crippen LogP contribution in [0, 0.1) is 3.57 Å². The predicted molar refractivity (Wildman–Crippen MR) is 133 cm³/mol. The molecule has 2 amide bonds. The number of benzene rings is 2. The van der Waals surface area contributed by atoms with E-state index in [-0.39, 0.29) is 24.5 Å². The number of hydrogen-bond donors (Lipinski definition) is 1. The minimum absolute atomic E-state index is 0.123. The van der Waals surface area contributed by atoms with Crippen LogP contribution in [-0.2, 0) is 16.1 Å². The molecule has 1 aliphatic rings. The zero-order chi connectivity index (χ0) is 22.9. The Labute approximate surface area is 203 Å². The highest BCUT2D eigenvalue weighted by Gasteiger charge is 2.28. The molecular formula is C25H31IN2O4. The van der Waals surface area contributed by atoms with Gasteiger partial charge in [-0.3, -0.25) is 9.59 Å². The van der Waals surface area contributed by atoms with Gasteiger partial charge < -0.3 is 19.7 Å². The summed E-state index contributed by atoms with van der Waals surface area (Å²) in [5, 5.41) is 3.14. The number of ether oxygens (including phenoxy) is 2. The van der Waals surface area contributed by atoms with Gasteiger partial charge in [-0.1, -0.05) is 31.4 Å². The molecule has 7 heteroatoms. The summed E-state index contributed by atoms with van der Waals surface area (Å²) in [6.07, 6.45) is 5.49.